The first-order valence-corrected chi connectivity index (χ1v) is 2.58. The molecule has 4 N–H and O–H groups in total. The molecule has 0 amide bonds. The van der Waals surface area contributed by atoms with Crippen LogP contribution in [0.5, 0.6) is 0 Å². The predicted molar refractivity (Wildman–Crippen MR) is 32.7 cm³/mol. The van der Waals surface area contributed by atoms with E-state index in [-0.39, 0.29) is 12.3 Å². The van der Waals surface area contributed by atoms with E-state index < -0.39 is 11.8 Å². The number of carbonyl (C=O) groups is 2. The van der Waals surface area contributed by atoms with Crippen molar-refractivity contribution >= 4 is 11.6 Å². The SMILES string of the molecule is CC(=O)C(N)C(=O)CN. The Balaban J connectivity index is 3.88. The zero-order chi connectivity index (χ0) is 7.44. The standard InChI is InChI=1S/C5H10N2O2/c1-3(8)5(7)4(9)2-6/h5H,2,6-7H2,1H3. The van der Waals surface area contributed by atoms with Crippen LogP contribution in [0.3, 0.4) is 0 Å². The van der Waals surface area contributed by atoms with E-state index in [1.165, 1.54) is 6.92 Å². The Morgan fingerprint density at radius 2 is 2.00 bits per heavy atom. The van der Waals surface area contributed by atoms with Gasteiger partial charge < -0.3 is 11.5 Å². The van der Waals surface area contributed by atoms with Crippen LogP contribution < -0.4 is 11.5 Å². The van der Waals surface area contributed by atoms with Gasteiger partial charge in [0.1, 0.15) is 6.04 Å². The van der Waals surface area contributed by atoms with E-state index in [0.717, 1.165) is 0 Å². The summed E-state index contributed by atoms with van der Waals surface area (Å²) < 4.78 is 0. The fraction of sp³-hybridized carbons (Fsp3) is 0.600. The highest BCUT2D eigenvalue weighted by molar-refractivity contribution is 6.05. The van der Waals surface area contributed by atoms with Gasteiger partial charge in [-0.1, -0.05) is 0 Å². The number of nitrogens with two attached hydrogens (primary N) is 2. The monoisotopic (exact) mass is 130 g/mol. The van der Waals surface area contributed by atoms with Gasteiger partial charge in [0.2, 0.25) is 0 Å². The third kappa shape index (κ3) is 2.34. The lowest BCUT2D eigenvalue weighted by molar-refractivity contribution is -0.126. The fourth-order valence-electron chi connectivity index (χ4n) is 0.354. The molecular weight excluding hydrogens is 120 g/mol. The van der Waals surface area contributed by atoms with Gasteiger partial charge in [-0.25, -0.2) is 0 Å². The van der Waals surface area contributed by atoms with Gasteiger partial charge in [-0.2, -0.15) is 0 Å². The van der Waals surface area contributed by atoms with Crippen LogP contribution in [0.15, 0.2) is 0 Å². The zero-order valence-electron chi connectivity index (χ0n) is 5.26. The molecular formula is C5H10N2O2. The molecule has 0 aliphatic heterocycles. The van der Waals surface area contributed by atoms with Crippen LogP contribution in [0.4, 0.5) is 0 Å². The van der Waals surface area contributed by atoms with Crippen LogP contribution in [0, 0.1) is 0 Å². The van der Waals surface area contributed by atoms with Crippen molar-refractivity contribution in [1.82, 2.24) is 0 Å². The van der Waals surface area contributed by atoms with Crippen molar-refractivity contribution in [2.45, 2.75) is 13.0 Å². The van der Waals surface area contributed by atoms with E-state index in [2.05, 4.69) is 0 Å². The summed E-state index contributed by atoms with van der Waals surface area (Å²) in [5.74, 6) is -0.757. The number of ketones is 2. The molecule has 52 valence electrons. The average Bonchev–Trinajstić information content (AvgIpc) is 1.84. The largest absolute Gasteiger partial charge is 0.324 e. The van der Waals surface area contributed by atoms with Crippen molar-refractivity contribution in [3.63, 3.8) is 0 Å². The summed E-state index contributed by atoms with van der Waals surface area (Å²) in [5.41, 5.74) is 10.0. The second-order valence-electron chi connectivity index (χ2n) is 1.76. The second kappa shape index (κ2) is 3.32. The van der Waals surface area contributed by atoms with Gasteiger partial charge in [0, 0.05) is 0 Å². The Morgan fingerprint density at radius 1 is 1.56 bits per heavy atom. The Bertz CT molecular complexity index is 133. The summed E-state index contributed by atoms with van der Waals surface area (Å²) in [6.07, 6.45) is 0. The minimum atomic E-state index is -1.02. The molecule has 0 fully saturated rings. The van der Waals surface area contributed by atoms with Crippen LogP contribution >= 0.6 is 0 Å². The van der Waals surface area contributed by atoms with Crippen LogP contribution in [0.2, 0.25) is 0 Å². The van der Waals surface area contributed by atoms with E-state index in [0.29, 0.717) is 0 Å². The molecule has 0 aliphatic carbocycles. The molecule has 0 aliphatic rings. The molecule has 0 rings (SSSR count). The lowest BCUT2D eigenvalue weighted by atomic mass is 10.1. The minimum absolute atomic E-state index is 0.166. The Labute approximate surface area is 53.2 Å². The number of hydrogen-bond acceptors (Lipinski definition) is 4. The van der Waals surface area contributed by atoms with Crippen LogP contribution in [-0.4, -0.2) is 24.2 Å². The molecule has 1 atom stereocenters. The maximum absolute atomic E-state index is 10.5. The summed E-state index contributed by atoms with van der Waals surface area (Å²) in [7, 11) is 0. The molecule has 9 heavy (non-hydrogen) atoms. The van der Waals surface area contributed by atoms with Gasteiger partial charge in [-0.15, -0.1) is 0 Å². The molecule has 4 nitrogen and oxygen atoms in total. The molecule has 0 saturated carbocycles. The molecule has 1 unspecified atom stereocenters. The normalized spacial score (nSPS) is 12.8. The van der Waals surface area contributed by atoms with Gasteiger partial charge in [0.05, 0.1) is 6.54 Å². The molecule has 0 bridgehead atoms. The van der Waals surface area contributed by atoms with Crippen LogP contribution in [-0.2, 0) is 9.59 Å². The Morgan fingerprint density at radius 3 is 2.11 bits per heavy atom. The number of Topliss-reactive ketones (excluding diaryl/α,β-unsaturated/α-hetero) is 2. The first kappa shape index (κ1) is 8.26. The van der Waals surface area contributed by atoms with E-state index in [1.807, 2.05) is 0 Å². The van der Waals surface area contributed by atoms with Crippen LogP contribution in [0.25, 0.3) is 0 Å². The smallest absolute Gasteiger partial charge is 0.170 e. The quantitative estimate of drug-likeness (QED) is 0.452. The highest BCUT2D eigenvalue weighted by Gasteiger charge is 2.15. The third-order valence-corrected chi connectivity index (χ3v) is 0.986. The molecule has 0 aromatic carbocycles. The Hall–Kier alpha value is -0.740. The topological polar surface area (TPSA) is 86.2 Å². The second-order valence-corrected chi connectivity index (χ2v) is 1.76. The van der Waals surface area contributed by atoms with Gasteiger partial charge in [-0.3, -0.25) is 9.59 Å². The zero-order valence-corrected chi connectivity index (χ0v) is 5.26. The molecule has 0 aromatic rings. The average molecular weight is 130 g/mol. The third-order valence-electron chi connectivity index (χ3n) is 0.986. The van der Waals surface area contributed by atoms with Gasteiger partial charge in [0.25, 0.3) is 0 Å². The van der Waals surface area contributed by atoms with E-state index in [4.69, 9.17) is 11.5 Å². The van der Waals surface area contributed by atoms with Gasteiger partial charge >= 0.3 is 0 Å². The summed E-state index contributed by atoms with van der Waals surface area (Å²) in [6, 6.07) is -1.02. The molecule has 0 radical (unpaired) electrons. The van der Waals surface area contributed by atoms with E-state index in [1.54, 1.807) is 0 Å². The van der Waals surface area contributed by atoms with Crippen molar-refractivity contribution in [2.75, 3.05) is 6.54 Å². The van der Waals surface area contributed by atoms with Crippen molar-refractivity contribution in [1.29, 1.82) is 0 Å². The van der Waals surface area contributed by atoms with E-state index >= 15 is 0 Å². The summed E-state index contributed by atoms with van der Waals surface area (Å²) in [5, 5.41) is 0. The van der Waals surface area contributed by atoms with Crippen molar-refractivity contribution in [2.24, 2.45) is 11.5 Å². The lowest BCUT2D eigenvalue weighted by Gasteiger charge is -2.01. The molecule has 0 spiro atoms. The molecule has 0 aromatic heterocycles. The molecule has 0 heterocycles. The van der Waals surface area contributed by atoms with Crippen molar-refractivity contribution in [3.8, 4) is 0 Å². The fourth-order valence-corrected chi connectivity index (χ4v) is 0.354. The lowest BCUT2D eigenvalue weighted by Crippen LogP contribution is -2.40. The number of rotatable bonds is 3. The summed E-state index contributed by atoms with van der Waals surface area (Å²) in [4.78, 5) is 20.8. The first-order valence-electron chi connectivity index (χ1n) is 2.58. The van der Waals surface area contributed by atoms with Gasteiger partial charge in [-0.05, 0) is 6.92 Å². The molecule has 4 heteroatoms. The summed E-state index contributed by atoms with van der Waals surface area (Å²) >= 11 is 0. The highest BCUT2D eigenvalue weighted by atomic mass is 16.2. The molecule has 0 saturated heterocycles. The number of hydrogen-bond donors (Lipinski definition) is 2. The van der Waals surface area contributed by atoms with Crippen LogP contribution in [0.1, 0.15) is 6.92 Å². The maximum Gasteiger partial charge on any atom is 0.170 e. The van der Waals surface area contributed by atoms with E-state index in [9.17, 15) is 9.59 Å². The predicted octanol–water partition coefficient (Wildman–Crippen LogP) is -1.57. The van der Waals surface area contributed by atoms with Crippen molar-refractivity contribution in [3.05, 3.63) is 0 Å². The number of carbonyl (C=O) groups excluding carboxylic acids is 2. The maximum atomic E-state index is 10.5. The highest BCUT2D eigenvalue weighted by Crippen LogP contribution is 1.80. The Kier molecular flexibility index (Phi) is 3.05. The first-order chi connectivity index (χ1) is 4.09. The van der Waals surface area contributed by atoms with Crippen molar-refractivity contribution < 1.29 is 9.59 Å². The minimum Gasteiger partial charge on any atom is -0.324 e. The van der Waals surface area contributed by atoms with Gasteiger partial charge in [0.15, 0.2) is 11.6 Å². The summed E-state index contributed by atoms with van der Waals surface area (Å²) in [6.45, 7) is 1.10.